The van der Waals surface area contributed by atoms with Gasteiger partial charge in [0.1, 0.15) is 0 Å². The van der Waals surface area contributed by atoms with Crippen molar-refractivity contribution in [3.63, 3.8) is 0 Å². The lowest BCUT2D eigenvalue weighted by atomic mass is 10.1. The maximum absolute atomic E-state index is 10.7. The number of ether oxygens (including phenoxy) is 1. The SMILES string of the molecule is C=CC(=O)OCCCc1ccc(C)cc1. The van der Waals surface area contributed by atoms with Crippen LogP contribution in [0.25, 0.3) is 0 Å². The highest BCUT2D eigenvalue weighted by Crippen LogP contribution is 2.05. The van der Waals surface area contributed by atoms with E-state index in [1.807, 2.05) is 0 Å². The van der Waals surface area contributed by atoms with Gasteiger partial charge in [0.15, 0.2) is 0 Å². The molecule has 0 aromatic heterocycles. The minimum atomic E-state index is -0.348. The molecule has 2 heteroatoms. The molecule has 0 spiro atoms. The number of carbonyl (C=O) groups is 1. The molecule has 0 unspecified atom stereocenters. The second kappa shape index (κ2) is 6.02. The van der Waals surface area contributed by atoms with E-state index in [2.05, 4.69) is 37.8 Å². The Morgan fingerprint density at radius 3 is 2.67 bits per heavy atom. The van der Waals surface area contributed by atoms with Gasteiger partial charge in [-0.15, -0.1) is 0 Å². The molecule has 0 fully saturated rings. The van der Waals surface area contributed by atoms with Gasteiger partial charge in [-0.2, -0.15) is 0 Å². The van der Waals surface area contributed by atoms with Crippen LogP contribution in [0.15, 0.2) is 36.9 Å². The van der Waals surface area contributed by atoms with Crippen LogP contribution in [0.5, 0.6) is 0 Å². The van der Waals surface area contributed by atoms with Crippen molar-refractivity contribution in [2.75, 3.05) is 6.61 Å². The summed E-state index contributed by atoms with van der Waals surface area (Å²) in [5.41, 5.74) is 2.53. The van der Waals surface area contributed by atoms with Crippen LogP contribution in [0.2, 0.25) is 0 Å². The number of hydrogen-bond acceptors (Lipinski definition) is 2. The highest BCUT2D eigenvalue weighted by molar-refractivity contribution is 5.81. The average molecular weight is 204 g/mol. The highest BCUT2D eigenvalue weighted by atomic mass is 16.5. The van der Waals surface area contributed by atoms with Gasteiger partial charge < -0.3 is 4.74 Å². The minimum Gasteiger partial charge on any atom is -0.463 e. The Morgan fingerprint density at radius 1 is 1.40 bits per heavy atom. The Morgan fingerprint density at radius 2 is 2.07 bits per heavy atom. The summed E-state index contributed by atoms with van der Waals surface area (Å²) in [6.45, 7) is 5.85. The number of carbonyl (C=O) groups excluding carboxylic acids is 1. The van der Waals surface area contributed by atoms with Crippen molar-refractivity contribution in [3.8, 4) is 0 Å². The van der Waals surface area contributed by atoms with Crippen molar-refractivity contribution >= 4 is 5.97 Å². The summed E-state index contributed by atoms with van der Waals surface area (Å²) in [6, 6.07) is 8.38. The van der Waals surface area contributed by atoms with Crippen molar-refractivity contribution < 1.29 is 9.53 Å². The van der Waals surface area contributed by atoms with Crippen molar-refractivity contribution in [1.29, 1.82) is 0 Å². The van der Waals surface area contributed by atoms with Gasteiger partial charge in [0.25, 0.3) is 0 Å². The van der Waals surface area contributed by atoms with Crippen molar-refractivity contribution in [1.82, 2.24) is 0 Å². The first-order valence-corrected chi connectivity index (χ1v) is 5.07. The van der Waals surface area contributed by atoms with E-state index in [-0.39, 0.29) is 5.97 Å². The summed E-state index contributed by atoms with van der Waals surface area (Å²) in [7, 11) is 0. The summed E-state index contributed by atoms with van der Waals surface area (Å²) in [5.74, 6) is -0.348. The molecule has 1 aromatic rings. The van der Waals surface area contributed by atoms with Crippen LogP contribution in [-0.4, -0.2) is 12.6 Å². The average Bonchev–Trinajstić information content (AvgIpc) is 2.26. The van der Waals surface area contributed by atoms with Gasteiger partial charge in [0.2, 0.25) is 0 Å². The van der Waals surface area contributed by atoms with Crippen LogP contribution in [0.1, 0.15) is 17.5 Å². The summed E-state index contributed by atoms with van der Waals surface area (Å²) in [5, 5.41) is 0. The van der Waals surface area contributed by atoms with Crippen LogP contribution < -0.4 is 0 Å². The standard InChI is InChI=1S/C13H16O2/c1-3-13(14)15-10-4-5-12-8-6-11(2)7-9-12/h3,6-9H,1,4-5,10H2,2H3. The Labute approximate surface area is 90.6 Å². The monoisotopic (exact) mass is 204 g/mol. The van der Waals surface area contributed by atoms with Crippen LogP contribution in [0.3, 0.4) is 0 Å². The maximum atomic E-state index is 10.7. The predicted octanol–water partition coefficient (Wildman–Crippen LogP) is 2.66. The van der Waals surface area contributed by atoms with Crippen LogP contribution in [0.4, 0.5) is 0 Å². The van der Waals surface area contributed by atoms with E-state index in [0.717, 1.165) is 12.8 Å². The van der Waals surface area contributed by atoms with Crippen molar-refractivity contribution in [2.45, 2.75) is 19.8 Å². The molecule has 0 aliphatic carbocycles. The largest absolute Gasteiger partial charge is 0.463 e. The van der Waals surface area contributed by atoms with E-state index < -0.39 is 0 Å². The van der Waals surface area contributed by atoms with Gasteiger partial charge in [-0.3, -0.25) is 0 Å². The normalized spacial score (nSPS) is 9.67. The highest BCUT2D eigenvalue weighted by Gasteiger charge is 1.96. The fraction of sp³-hybridized carbons (Fsp3) is 0.308. The molecule has 0 saturated heterocycles. The third-order valence-electron chi connectivity index (χ3n) is 2.14. The van der Waals surface area contributed by atoms with Crippen LogP contribution >= 0.6 is 0 Å². The molecule has 0 aliphatic heterocycles. The van der Waals surface area contributed by atoms with Gasteiger partial charge in [-0.1, -0.05) is 36.4 Å². The smallest absolute Gasteiger partial charge is 0.330 e. The third kappa shape index (κ3) is 4.45. The fourth-order valence-corrected chi connectivity index (χ4v) is 1.26. The summed E-state index contributed by atoms with van der Waals surface area (Å²) < 4.78 is 4.88. The number of esters is 1. The van der Waals surface area contributed by atoms with Gasteiger partial charge in [-0.25, -0.2) is 4.79 Å². The molecular weight excluding hydrogens is 188 g/mol. The Kier molecular flexibility index (Phi) is 4.61. The number of rotatable bonds is 5. The molecule has 0 atom stereocenters. The summed E-state index contributed by atoms with van der Waals surface area (Å²) in [6.07, 6.45) is 2.97. The first kappa shape index (κ1) is 11.5. The zero-order chi connectivity index (χ0) is 11.1. The lowest BCUT2D eigenvalue weighted by molar-refractivity contribution is -0.137. The van der Waals surface area contributed by atoms with E-state index in [1.54, 1.807) is 0 Å². The van der Waals surface area contributed by atoms with E-state index in [0.29, 0.717) is 6.61 Å². The molecule has 15 heavy (non-hydrogen) atoms. The Hall–Kier alpha value is -1.57. The van der Waals surface area contributed by atoms with Crippen molar-refractivity contribution in [2.24, 2.45) is 0 Å². The summed E-state index contributed by atoms with van der Waals surface area (Å²) in [4.78, 5) is 10.7. The lowest BCUT2D eigenvalue weighted by Gasteiger charge is -2.02. The van der Waals surface area contributed by atoms with Gasteiger partial charge in [0, 0.05) is 6.08 Å². The molecule has 0 amide bonds. The zero-order valence-electron chi connectivity index (χ0n) is 9.03. The van der Waals surface area contributed by atoms with E-state index >= 15 is 0 Å². The molecule has 0 saturated carbocycles. The lowest BCUT2D eigenvalue weighted by Crippen LogP contribution is -2.02. The maximum Gasteiger partial charge on any atom is 0.330 e. The van der Waals surface area contributed by atoms with Gasteiger partial charge in [-0.05, 0) is 25.3 Å². The molecular formula is C13H16O2. The van der Waals surface area contributed by atoms with Crippen LogP contribution in [-0.2, 0) is 16.0 Å². The molecule has 0 bridgehead atoms. The summed E-state index contributed by atoms with van der Waals surface area (Å²) >= 11 is 0. The number of aryl methyl sites for hydroxylation is 2. The number of benzene rings is 1. The molecule has 1 rings (SSSR count). The third-order valence-corrected chi connectivity index (χ3v) is 2.14. The molecule has 0 N–H and O–H groups in total. The second-order valence-corrected chi connectivity index (χ2v) is 3.46. The first-order chi connectivity index (χ1) is 7.22. The molecule has 80 valence electrons. The molecule has 0 heterocycles. The molecule has 0 radical (unpaired) electrons. The number of hydrogen-bond donors (Lipinski definition) is 0. The van der Waals surface area contributed by atoms with E-state index in [1.165, 1.54) is 17.2 Å². The Bertz CT molecular complexity index is 325. The van der Waals surface area contributed by atoms with Gasteiger partial charge >= 0.3 is 5.97 Å². The molecule has 1 aromatic carbocycles. The van der Waals surface area contributed by atoms with E-state index in [9.17, 15) is 4.79 Å². The van der Waals surface area contributed by atoms with Gasteiger partial charge in [0.05, 0.1) is 6.61 Å². The minimum absolute atomic E-state index is 0.348. The van der Waals surface area contributed by atoms with E-state index in [4.69, 9.17) is 4.74 Å². The van der Waals surface area contributed by atoms with Crippen LogP contribution in [0, 0.1) is 6.92 Å². The fourth-order valence-electron chi connectivity index (χ4n) is 1.26. The molecule has 0 aliphatic rings. The zero-order valence-corrected chi connectivity index (χ0v) is 9.03. The second-order valence-electron chi connectivity index (χ2n) is 3.46. The Balaban J connectivity index is 2.23. The predicted molar refractivity (Wildman–Crippen MR) is 60.7 cm³/mol. The first-order valence-electron chi connectivity index (χ1n) is 5.07. The molecule has 2 nitrogen and oxygen atoms in total. The quantitative estimate of drug-likeness (QED) is 0.418. The topological polar surface area (TPSA) is 26.3 Å². The van der Waals surface area contributed by atoms with Crippen molar-refractivity contribution in [3.05, 3.63) is 48.0 Å².